The second-order valence-electron chi connectivity index (χ2n) is 7.49. The molecule has 3 aromatic heterocycles. The SMILES string of the molecule is C[C@@H](Sc1nnc2n(C)c(=O)c3c4c(sc3n12)CCCC4)C(=O)Nc1ccccc1. The lowest BCUT2D eigenvalue weighted by Gasteiger charge is -2.12. The monoisotopic (exact) mass is 439 g/mol. The van der Waals surface area contributed by atoms with Crippen molar-refractivity contribution < 1.29 is 4.79 Å². The van der Waals surface area contributed by atoms with Crippen molar-refractivity contribution in [1.82, 2.24) is 19.2 Å². The Kier molecular flexibility index (Phi) is 4.86. The molecule has 1 aliphatic rings. The highest BCUT2D eigenvalue weighted by Gasteiger charge is 2.25. The van der Waals surface area contributed by atoms with E-state index in [9.17, 15) is 9.59 Å². The summed E-state index contributed by atoms with van der Waals surface area (Å²) in [6.45, 7) is 1.85. The number of aryl methyl sites for hydroxylation is 3. The average molecular weight is 440 g/mol. The van der Waals surface area contributed by atoms with E-state index in [0.29, 0.717) is 10.9 Å². The van der Waals surface area contributed by atoms with Crippen molar-refractivity contribution in [1.29, 1.82) is 0 Å². The molecule has 1 aromatic carbocycles. The molecule has 0 unspecified atom stereocenters. The Morgan fingerprint density at radius 1 is 1.20 bits per heavy atom. The Morgan fingerprint density at radius 2 is 1.97 bits per heavy atom. The number of benzene rings is 1. The Labute approximate surface area is 181 Å². The summed E-state index contributed by atoms with van der Waals surface area (Å²) in [5, 5.41) is 12.6. The molecule has 1 atom stereocenters. The number of anilines is 1. The molecule has 0 aliphatic heterocycles. The molecule has 4 aromatic rings. The molecule has 1 N–H and O–H groups in total. The van der Waals surface area contributed by atoms with E-state index in [2.05, 4.69) is 15.5 Å². The van der Waals surface area contributed by atoms with Crippen LogP contribution in [-0.2, 0) is 24.7 Å². The van der Waals surface area contributed by atoms with Crippen LogP contribution in [0.3, 0.4) is 0 Å². The fraction of sp³-hybridized carbons (Fsp3) is 0.333. The predicted molar refractivity (Wildman–Crippen MR) is 121 cm³/mol. The van der Waals surface area contributed by atoms with Gasteiger partial charge >= 0.3 is 0 Å². The van der Waals surface area contributed by atoms with Gasteiger partial charge in [-0.2, -0.15) is 0 Å². The average Bonchev–Trinajstić information content (AvgIpc) is 3.34. The van der Waals surface area contributed by atoms with E-state index < -0.39 is 0 Å². The number of thiophene rings is 1. The third-order valence-corrected chi connectivity index (χ3v) is 7.80. The van der Waals surface area contributed by atoms with Crippen LogP contribution >= 0.6 is 23.1 Å². The minimum absolute atomic E-state index is 0.0179. The van der Waals surface area contributed by atoms with Gasteiger partial charge in [0.1, 0.15) is 4.83 Å². The van der Waals surface area contributed by atoms with Gasteiger partial charge in [0.25, 0.3) is 5.56 Å². The number of para-hydroxylation sites is 1. The van der Waals surface area contributed by atoms with Gasteiger partial charge in [0.2, 0.25) is 11.7 Å². The third-order valence-electron chi connectivity index (χ3n) is 5.48. The first-order valence-corrected chi connectivity index (χ1v) is 11.6. The summed E-state index contributed by atoms with van der Waals surface area (Å²) in [6.07, 6.45) is 4.22. The van der Waals surface area contributed by atoms with Crippen molar-refractivity contribution in [2.75, 3.05) is 5.32 Å². The fourth-order valence-electron chi connectivity index (χ4n) is 3.90. The smallest absolute Gasteiger partial charge is 0.263 e. The molecule has 1 aliphatic carbocycles. The molecular weight excluding hydrogens is 418 g/mol. The van der Waals surface area contributed by atoms with Crippen molar-refractivity contribution >= 4 is 50.7 Å². The van der Waals surface area contributed by atoms with Crippen molar-refractivity contribution in [3.8, 4) is 0 Å². The van der Waals surface area contributed by atoms with Crippen LogP contribution in [-0.4, -0.2) is 30.3 Å². The first-order valence-electron chi connectivity index (χ1n) is 9.95. The number of nitrogens with one attached hydrogen (secondary N) is 1. The summed E-state index contributed by atoms with van der Waals surface area (Å²) in [7, 11) is 1.73. The minimum atomic E-state index is -0.375. The number of carbonyl (C=O) groups excluding carboxylic acids is 1. The van der Waals surface area contributed by atoms with E-state index in [1.54, 1.807) is 23.0 Å². The van der Waals surface area contributed by atoms with E-state index in [-0.39, 0.29) is 16.7 Å². The van der Waals surface area contributed by atoms with Crippen LogP contribution in [0.1, 0.15) is 30.2 Å². The van der Waals surface area contributed by atoms with Gasteiger partial charge in [0, 0.05) is 17.6 Å². The van der Waals surface area contributed by atoms with Crippen molar-refractivity contribution in [3.05, 3.63) is 51.1 Å². The van der Waals surface area contributed by atoms with Gasteiger partial charge in [-0.15, -0.1) is 21.5 Å². The molecule has 5 rings (SSSR count). The highest BCUT2D eigenvalue weighted by Crippen LogP contribution is 2.36. The summed E-state index contributed by atoms with van der Waals surface area (Å²) in [4.78, 5) is 27.9. The first kappa shape index (κ1) is 19.3. The van der Waals surface area contributed by atoms with Crippen LogP contribution < -0.4 is 10.9 Å². The van der Waals surface area contributed by atoms with E-state index in [4.69, 9.17) is 0 Å². The van der Waals surface area contributed by atoms with Crippen LogP contribution in [0.25, 0.3) is 16.0 Å². The number of hydrogen-bond acceptors (Lipinski definition) is 6. The first-order chi connectivity index (χ1) is 14.5. The Bertz CT molecular complexity index is 1320. The molecule has 0 bridgehead atoms. The lowest BCUT2D eigenvalue weighted by molar-refractivity contribution is -0.115. The molecule has 0 saturated carbocycles. The molecule has 9 heteroatoms. The van der Waals surface area contributed by atoms with Crippen molar-refractivity contribution in [2.24, 2.45) is 7.05 Å². The standard InChI is InChI=1S/C21H21N5O2S2/c1-12(17(27)22-13-8-4-3-5-9-13)29-21-24-23-20-25(2)18(28)16-14-10-6-7-11-15(14)30-19(16)26(20)21/h3-5,8-9,12H,6-7,10-11H2,1-2H3,(H,22,27)/t12-/m1/s1. The molecule has 7 nitrogen and oxygen atoms in total. The summed E-state index contributed by atoms with van der Waals surface area (Å²) in [6, 6.07) is 9.39. The highest BCUT2D eigenvalue weighted by atomic mass is 32.2. The molecule has 0 spiro atoms. The van der Waals surface area contributed by atoms with Gasteiger partial charge in [-0.25, -0.2) is 4.40 Å². The predicted octanol–water partition coefficient (Wildman–Crippen LogP) is 3.64. The molecule has 0 saturated heterocycles. The number of carbonyl (C=O) groups is 1. The highest BCUT2D eigenvalue weighted by molar-refractivity contribution is 8.00. The normalized spacial score (nSPS) is 14.7. The lowest BCUT2D eigenvalue weighted by Crippen LogP contribution is -2.23. The third kappa shape index (κ3) is 3.13. The molecule has 30 heavy (non-hydrogen) atoms. The lowest BCUT2D eigenvalue weighted by atomic mass is 9.97. The van der Waals surface area contributed by atoms with E-state index in [1.807, 2.05) is 41.7 Å². The molecule has 154 valence electrons. The zero-order chi connectivity index (χ0) is 20.8. The maximum atomic E-state index is 13.0. The van der Waals surface area contributed by atoms with Crippen LogP contribution in [0, 0.1) is 0 Å². The second-order valence-corrected chi connectivity index (χ2v) is 9.88. The zero-order valence-electron chi connectivity index (χ0n) is 16.7. The summed E-state index contributed by atoms with van der Waals surface area (Å²) in [5.74, 6) is 0.402. The van der Waals surface area contributed by atoms with Crippen LogP contribution in [0.2, 0.25) is 0 Å². The van der Waals surface area contributed by atoms with E-state index in [0.717, 1.165) is 41.6 Å². The zero-order valence-corrected chi connectivity index (χ0v) is 18.3. The number of amides is 1. The van der Waals surface area contributed by atoms with Crippen molar-refractivity contribution in [3.63, 3.8) is 0 Å². The molecule has 0 radical (unpaired) electrons. The second kappa shape index (κ2) is 7.55. The quantitative estimate of drug-likeness (QED) is 0.491. The largest absolute Gasteiger partial charge is 0.325 e. The number of rotatable bonds is 4. The molecule has 3 heterocycles. The van der Waals surface area contributed by atoms with Gasteiger partial charge < -0.3 is 5.32 Å². The molecule has 1 amide bonds. The number of fused-ring (bicyclic) bond motifs is 5. The maximum absolute atomic E-state index is 13.0. The van der Waals surface area contributed by atoms with Gasteiger partial charge in [-0.1, -0.05) is 30.0 Å². The van der Waals surface area contributed by atoms with Gasteiger partial charge in [-0.05, 0) is 50.3 Å². The van der Waals surface area contributed by atoms with Crippen LogP contribution in [0.15, 0.2) is 40.3 Å². The number of nitrogens with zero attached hydrogens (tertiary/aromatic N) is 4. The summed E-state index contributed by atoms with van der Waals surface area (Å²) < 4.78 is 3.51. The van der Waals surface area contributed by atoms with Gasteiger partial charge in [0.05, 0.1) is 10.6 Å². The summed E-state index contributed by atoms with van der Waals surface area (Å²) in [5.41, 5.74) is 1.93. The number of hydrogen-bond donors (Lipinski definition) is 1. The Morgan fingerprint density at radius 3 is 2.77 bits per heavy atom. The maximum Gasteiger partial charge on any atom is 0.263 e. The molecular formula is C21H21N5O2S2. The number of thioether (sulfide) groups is 1. The number of aromatic nitrogens is 4. The minimum Gasteiger partial charge on any atom is -0.325 e. The Balaban J connectivity index is 1.55. The van der Waals surface area contributed by atoms with Gasteiger partial charge in [0.15, 0.2) is 5.16 Å². The molecule has 0 fully saturated rings. The Hall–Kier alpha value is -2.65. The van der Waals surface area contributed by atoms with Crippen molar-refractivity contribution in [2.45, 2.75) is 43.0 Å². The van der Waals surface area contributed by atoms with Gasteiger partial charge in [-0.3, -0.25) is 14.2 Å². The topological polar surface area (TPSA) is 81.3 Å². The van der Waals surface area contributed by atoms with Crippen LogP contribution in [0.5, 0.6) is 0 Å². The summed E-state index contributed by atoms with van der Waals surface area (Å²) >= 11 is 3.02. The van der Waals surface area contributed by atoms with Crippen LogP contribution in [0.4, 0.5) is 5.69 Å². The van der Waals surface area contributed by atoms with E-state index >= 15 is 0 Å². The fourth-order valence-corrected chi connectivity index (χ4v) is 6.18. The van der Waals surface area contributed by atoms with E-state index in [1.165, 1.54) is 22.2 Å².